The molecule has 1 rings (SSSR count). The zero-order valence-corrected chi connectivity index (χ0v) is 7.46. The normalized spacial score (nSPS) is 9.58. The number of hydrogen-bond acceptors (Lipinski definition) is 2. The van der Waals surface area contributed by atoms with E-state index in [0.717, 1.165) is 17.1 Å². The molecule has 0 radical (unpaired) electrons. The smallest absolute Gasteiger partial charge is 0.127 e. The molecule has 0 fully saturated rings. The maximum atomic E-state index is 5.14. The molecular weight excluding hydrogens is 154 g/mol. The van der Waals surface area contributed by atoms with Gasteiger partial charge < -0.3 is 15.2 Å². The Kier molecular flexibility index (Phi) is 2.94. The Morgan fingerprint density at radius 3 is 2.50 bits per heavy atom. The molecule has 3 N–H and O–H groups in total. The van der Waals surface area contributed by atoms with Gasteiger partial charge >= 0.3 is 0 Å². The third-order valence-electron chi connectivity index (χ3n) is 1.76. The fourth-order valence-electron chi connectivity index (χ4n) is 1.08. The molecule has 0 aliphatic heterocycles. The summed E-state index contributed by atoms with van der Waals surface area (Å²) < 4.78 is 10.2. The molecule has 66 valence electrons. The lowest BCUT2D eigenvalue weighted by molar-refractivity contribution is -0.386. The Morgan fingerprint density at radius 1 is 1.25 bits per heavy atom. The van der Waals surface area contributed by atoms with Gasteiger partial charge in [-0.15, -0.1) is 0 Å². The molecule has 0 heterocycles. The molecule has 0 unspecified atom stereocenters. The van der Waals surface area contributed by atoms with Gasteiger partial charge in [-0.05, 0) is 18.2 Å². The summed E-state index contributed by atoms with van der Waals surface area (Å²) in [5.74, 6) is 1.71. The van der Waals surface area contributed by atoms with Crippen molar-refractivity contribution in [3.05, 3.63) is 23.8 Å². The van der Waals surface area contributed by atoms with Gasteiger partial charge in [0.15, 0.2) is 0 Å². The summed E-state index contributed by atoms with van der Waals surface area (Å²) in [6, 6.07) is 5.70. The number of rotatable bonds is 3. The van der Waals surface area contributed by atoms with Gasteiger partial charge in [0.2, 0.25) is 0 Å². The van der Waals surface area contributed by atoms with Crippen LogP contribution in [0.25, 0.3) is 0 Å². The largest absolute Gasteiger partial charge is 0.497 e. The van der Waals surface area contributed by atoms with Crippen LogP contribution >= 0.6 is 0 Å². The molecular formula is C9H14NO2+. The summed E-state index contributed by atoms with van der Waals surface area (Å²) in [4.78, 5) is 0. The first-order valence-electron chi connectivity index (χ1n) is 3.82. The molecule has 0 atom stereocenters. The maximum absolute atomic E-state index is 5.14. The minimum Gasteiger partial charge on any atom is -0.497 e. The third-order valence-corrected chi connectivity index (χ3v) is 1.76. The summed E-state index contributed by atoms with van der Waals surface area (Å²) in [5, 5.41) is 0. The van der Waals surface area contributed by atoms with Gasteiger partial charge in [0, 0.05) is 0 Å². The van der Waals surface area contributed by atoms with Gasteiger partial charge in [-0.3, -0.25) is 0 Å². The lowest BCUT2D eigenvalue weighted by Crippen LogP contribution is -2.47. The monoisotopic (exact) mass is 168 g/mol. The summed E-state index contributed by atoms with van der Waals surface area (Å²) >= 11 is 0. The summed E-state index contributed by atoms with van der Waals surface area (Å²) in [7, 11) is 3.30. The van der Waals surface area contributed by atoms with Crippen LogP contribution in [-0.4, -0.2) is 14.2 Å². The van der Waals surface area contributed by atoms with E-state index >= 15 is 0 Å². The van der Waals surface area contributed by atoms with E-state index in [2.05, 4.69) is 5.73 Å². The maximum Gasteiger partial charge on any atom is 0.127 e. The number of ether oxygens (including phenoxy) is 2. The molecule has 0 saturated heterocycles. The molecule has 12 heavy (non-hydrogen) atoms. The van der Waals surface area contributed by atoms with Crippen LogP contribution in [-0.2, 0) is 6.54 Å². The van der Waals surface area contributed by atoms with Crippen molar-refractivity contribution in [1.82, 2.24) is 0 Å². The molecule has 0 bridgehead atoms. The fourth-order valence-corrected chi connectivity index (χ4v) is 1.08. The van der Waals surface area contributed by atoms with Crippen LogP contribution in [0.2, 0.25) is 0 Å². The Morgan fingerprint density at radius 2 is 2.00 bits per heavy atom. The van der Waals surface area contributed by atoms with Gasteiger partial charge in [0.1, 0.15) is 18.0 Å². The predicted octanol–water partition coefficient (Wildman–Crippen LogP) is 0.446. The quantitative estimate of drug-likeness (QED) is 0.712. The topological polar surface area (TPSA) is 46.1 Å². The molecule has 0 aromatic heterocycles. The predicted molar refractivity (Wildman–Crippen MR) is 46.1 cm³/mol. The minimum atomic E-state index is 0.709. The number of methoxy groups -OCH3 is 2. The van der Waals surface area contributed by atoms with Crippen molar-refractivity contribution in [2.75, 3.05) is 14.2 Å². The van der Waals surface area contributed by atoms with Crippen LogP contribution in [0.3, 0.4) is 0 Å². The standard InChI is InChI=1S/C9H13NO2/c1-11-8-3-4-9(12-2)7(5-8)6-10/h3-5H,6,10H2,1-2H3/p+1. The summed E-state index contributed by atoms with van der Waals surface area (Å²) in [6.07, 6.45) is 0. The first kappa shape index (κ1) is 8.87. The van der Waals surface area contributed by atoms with E-state index in [0.29, 0.717) is 6.54 Å². The van der Waals surface area contributed by atoms with Crippen molar-refractivity contribution < 1.29 is 15.2 Å². The van der Waals surface area contributed by atoms with E-state index < -0.39 is 0 Å². The van der Waals surface area contributed by atoms with Crippen molar-refractivity contribution in [2.24, 2.45) is 0 Å². The Bertz CT molecular complexity index is 261. The second kappa shape index (κ2) is 3.97. The van der Waals surface area contributed by atoms with Crippen LogP contribution in [0.4, 0.5) is 0 Å². The molecule has 1 aromatic rings. The van der Waals surface area contributed by atoms with Crippen LogP contribution in [0.1, 0.15) is 5.56 Å². The molecule has 1 aromatic carbocycles. The summed E-state index contributed by atoms with van der Waals surface area (Å²) in [5.41, 5.74) is 4.87. The lowest BCUT2D eigenvalue weighted by Gasteiger charge is -2.06. The van der Waals surface area contributed by atoms with Crippen LogP contribution in [0.5, 0.6) is 11.5 Å². The van der Waals surface area contributed by atoms with Gasteiger partial charge in [0.05, 0.1) is 19.8 Å². The van der Waals surface area contributed by atoms with Crippen LogP contribution in [0.15, 0.2) is 18.2 Å². The number of quaternary nitrogens is 1. The molecule has 0 aliphatic rings. The highest BCUT2D eigenvalue weighted by Gasteiger charge is 2.03. The summed E-state index contributed by atoms with van der Waals surface area (Å²) in [6.45, 7) is 0.709. The molecule has 0 spiro atoms. The van der Waals surface area contributed by atoms with E-state index in [1.54, 1.807) is 14.2 Å². The highest BCUT2D eigenvalue weighted by molar-refractivity contribution is 5.39. The molecule has 0 saturated carbocycles. The molecule has 3 nitrogen and oxygen atoms in total. The van der Waals surface area contributed by atoms with Crippen molar-refractivity contribution >= 4 is 0 Å². The second-order valence-corrected chi connectivity index (χ2v) is 2.43. The Balaban J connectivity index is 3.02. The van der Waals surface area contributed by atoms with Gasteiger partial charge in [0.25, 0.3) is 0 Å². The van der Waals surface area contributed by atoms with Crippen LogP contribution in [0, 0.1) is 0 Å². The third kappa shape index (κ3) is 1.68. The van der Waals surface area contributed by atoms with E-state index in [-0.39, 0.29) is 0 Å². The molecule has 3 heteroatoms. The minimum absolute atomic E-state index is 0.709. The number of hydrogen-bond donors (Lipinski definition) is 1. The average molecular weight is 168 g/mol. The van der Waals surface area contributed by atoms with E-state index in [1.807, 2.05) is 18.2 Å². The fraction of sp³-hybridized carbons (Fsp3) is 0.333. The van der Waals surface area contributed by atoms with E-state index in [4.69, 9.17) is 9.47 Å². The van der Waals surface area contributed by atoms with Crippen molar-refractivity contribution in [3.8, 4) is 11.5 Å². The zero-order chi connectivity index (χ0) is 8.97. The van der Waals surface area contributed by atoms with E-state index in [9.17, 15) is 0 Å². The number of benzene rings is 1. The first-order valence-corrected chi connectivity index (χ1v) is 3.82. The average Bonchev–Trinajstić information content (AvgIpc) is 2.16. The Labute approximate surface area is 72.1 Å². The SMILES string of the molecule is COc1ccc(OC)c(C[NH3+])c1. The van der Waals surface area contributed by atoms with Crippen LogP contribution < -0.4 is 15.2 Å². The Hall–Kier alpha value is -1.22. The second-order valence-electron chi connectivity index (χ2n) is 2.43. The lowest BCUT2D eigenvalue weighted by atomic mass is 10.2. The van der Waals surface area contributed by atoms with Crippen molar-refractivity contribution in [1.29, 1.82) is 0 Å². The van der Waals surface area contributed by atoms with Crippen molar-refractivity contribution in [2.45, 2.75) is 6.54 Å². The van der Waals surface area contributed by atoms with Gasteiger partial charge in [-0.2, -0.15) is 0 Å². The van der Waals surface area contributed by atoms with E-state index in [1.165, 1.54) is 0 Å². The van der Waals surface area contributed by atoms with Gasteiger partial charge in [-0.25, -0.2) is 0 Å². The van der Waals surface area contributed by atoms with Gasteiger partial charge in [-0.1, -0.05) is 0 Å². The highest BCUT2D eigenvalue weighted by Crippen LogP contribution is 2.22. The van der Waals surface area contributed by atoms with Crippen molar-refractivity contribution in [3.63, 3.8) is 0 Å². The zero-order valence-electron chi connectivity index (χ0n) is 7.46. The first-order chi connectivity index (χ1) is 5.81. The molecule has 0 amide bonds. The molecule has 0 aliphatic carbocycles. The highest BCUT2D eigenvalue weighted by atomic mass is 16.5.